The van der Waals surface area contributed by atoms with Crippen molar-refractivity contribution in [2.45, 2.75) is 17.9 Å². The summed E-state index contributed by atoms with van der Waals surface area (Å²) in [5.41, 5.74) is 0.166. The van der Waals surface area contributed by atoms with E-state index in [1.807, 2.05) is 11.6 Å². The van der Waals surface area contributed by atoms with Gasteiger partial charge < -0.3 is 10.2 Å². The summed E-state index contributed by atoms with van der Waals surface area (Å²) in [6, 6.07) is 3.56. The molecule has 2 N–H and O–H groups in total. The number of benzene rings is 1. The van der Waals surface area contributed by atoms with E-state index in [0.717, 1.165) is 12.1 Å². The summed E-state index contributed by atoms with van der Waals surface area (Å²) >= 11 is 0. The number of hydrogen-bond donors (Lipinski definition) is 2. The van der Waals surface area contributed by atoms with Gasteiger partial charge in [-0.1, -0.05) is 0 Å². The molecule has 2 rings (SSSR count). The van der Waals surface area contributed by atoms with Crippen LogP contribution in [0.15, 0.2) is 23.1 Å². The van der Waals surface area contributed by atoms with E-state index >= 15 is 0 Å². The van der Waals surface area contributed by atoms with Crippen LogP contribution in [0.2, 0.25) is 0 Å². The van der Waals surface area contributed by atoms with Gasteiger partial charge in [-0.2, -0.15) is 0 Å². The minimum absolute atomic E-state index is 0.166. The molecule has 1 heterocycles. The van der Waals surface area contributed by atoms with Gasteiger partial charge in [0.25, 0.3) is 5.91 Å². The Kier molecular flexibility index (Phi) is 4.60. The maximum absolute atomic E-state index is 13.7. The molecule has 1 aliphatic heterocycles. The number of amides is 1. The predicted octanol–water partition coefficient (Wildman–Crippen LogP) is 0.168. The zero-order valence-electron chi connectivity index (χ0n) is 11.9. The lowest BCUT2D eigenvalue weighted by molar-refractivity contribution is 0.0708. The summed E-state index contributed by atoms with van der Waals surface area (Å²) in [5, 5.41) is 3.21. The molecule has 0 spiro atoms. The Morgan fingerprint density at radius 2 is 2.19 bits per heavy atom. The summed E-state index contributed by atoms with van der Waals surface area (Å²) in [7, 11) is -2.74. The fourth-order valence-corrected chi connectivity index (χ4v) is 3.08. The standard InChI is InChI=1S/C13H18FN3O3S/c1-9-8-17(6-5-16-9)13(18)10-3-4-11(14)12(7-10)21(19,20)15-2/h3-4,7,9,15-16H,5-6,8H2,1-2H3. The molecule has 0 radical (unpaired) electrons. The third-order valence-corrected chi connectivity index (χ3v) is 4.82. The molecule has 21 heavy (non-hydrogen) atoms. The van der Waals surface area contributed by atoms with Crippen LogP contribution in [0.1, 0.15) is 17.3 Å². The molecule has 1 amide bonds. The van der Waals surface area contributed by atoms with Gasteiger partial charge in [0.2, 0.25) is 10.0 Å². The Morgan fingerprint density at radius 1 is 1.48 bits per heavy atom. The largest absolute Gasteiger partial charge is 0.336 e. The highest BCUT2D eigenvalue weighted by atomic mass is 32.2. The number of nitrogens with one attached hydrogen (secondary N) is 2. The Bertz CT molecular complexity index is 648. The van der Waals surface area contributed by atoms with Gasteiger partial charge in [0.1, 0.15) is 10.7 Å². The lowest BCUT2D eigenvalue weighted by Crippen LogP contribution is -2.51. The zero-order chi connectivity index (χ0) is 15.6. The monoisotopic (exact) mass is 315 g/mol. The van der Waals surface area contributed by atoms with Crippen molar-refractivity contribution in [2.24, 2.45) is 0 Å². The van der Waals surface area contributed by atoms with E-state index in [1.54, 1.807) is 4.90 Å². The van der Waals surface area contributed by atoms with Gasteiger partial charge in [0.15, 0.2) is 0 Å². The molecule has 0 aliphatic carbocycles. The summed E-state index contributed by atoms with van der Waals surface area (Å²) in [6.45, 7) is 3.70. The van der Waals surface area contributed by atoms with Crippen LogP contribution < -0.4 is 10.0 Å². The first-order chi connectivity index (χ1) is 9.85. The number of nitrogens with zero attached hydrogens (tertiary/aromatic N) is 1. The maximum Gasteiger partial charge on any atom is 0.253 e. The molecule has 1 saturated heterocycles. The number of carbonyl (C=O) groups excluding carboxylic acids is 1. The van der Waals surface area contributed by atoms with Gasteiger partial charge in [0, 0.05) is 31.2 Å². The molecule has 0 saturated carbocycles. The van der Waals surface area contributed by atoms with Gasteiger partial charge >= 0.3 is 0 Å². The van der Waals surface area contributed by atoms with Gasteiger partial charge in [0.05, 0.1) is 0 Å². The second-order valence-electron chi connectivity index (χ2n) is 4.96. The Balaban J connectivity index is 2.32. The average Bonchev–Trinajstić information content (AvgIpc) is 2.47. The molecule has 0 aromatic heterocycles. The second-order valence-corrected chi connectivity index (χ2v) is 6.81. The fourth-order valence-electron chi connectivity index (χ4n) is 2.25. The van der Waals surface area contributed by atoms with Crippen LogP contribution >= 0.6 is 0 Å². The normalized spacial score (nSPS) is 19.6. The topological polar surface area (TPSA) is 78.5 Å². The highest BCUT2D eigenvalue weighted by Gasteiger charge is 2.24. The lowest BCUT2D eigenvalue weighted by Gasteiger charge is -2.32. The minimum atomic E-state index is -3.93. The molecule has 1 aromatic rings. The SMILES string of the molecule is CNS(=O)(=O)c1cc(C(=O)N2CCNC(C)C2)ccc1F. The summed E-state index contributed by atoms with van der Waals surface area (Å²) in [4.78, 5) is 13.5. The number of piperazine rings is 1. The van der Waals surface area contributed by atoms with Gasteiger partial charge in [-0.05, 0) is 32.2 Å². The summed E-state index contributed by atoms with van der Waals surface area (Å²) in [6.07, 6.45) is 0. The molecule has 116 valence electrons. The second kappa shape index (κ2) is 6.08. The smallest absolute Gasteiger partial charge is 0.253 e. The van der Waals surface area contributed by atoms with Crippen molar-refractivity contribution in [1.82, 2.24) is 14.9 Å². The molecule has 1 aromatic carbocycles. The van der Waals surface area contributed by atoms with Crippen LogP contribution in [-0.2, 0) is 10.0 Å². The van der Waals surface area contributed by atoms with E-state index in [0.29, 0.717) is 19.6 Å². The Hall–Kier alpha value is -1.51. The lowest BCUT2D eigenvalue weighted by atomic mass is 10.1. The third-order valence-electron chi connectivity index (χ3n) is 3.39. The first-order valence-electron chi connectivity index (χ1n) is 6.61. The van der Waals surface area contributed by atoms with Crippen molar-refractivity contribution in [3.05, 3.63) is 29.6 Å². The van der Waals surface area contributed by atoms with E-state index in [9.17, 15) is 17.6 Å². The molecule has 1 fully saturated rings. The van der Waals surface area contributed by atoms with Crippen LogP contribution in [0.3, 0.4) is 0 Å². The average molecular weight is 315 g/mol. The molecule has 6 nitrogen and oxygen atoms in total. The van der Waals surface area contributed by atoms with Crippen molar-refractivity contribution < 1.29 is 17.6 Å². The van der Waals surface area contributed by atoms with E-state index in [4.69, 9.17) is 0 Å². The van der Waals surface area contributed by atoms with E-state index in [-0.39, 0.29) is 17.5 Å². The molecular formula is C13H18FN3O3S. The summed E-state index contributed by atoms with van der Waals surface area (Å²) in [5.74, 6) is -1.18. The van der Waals surface area contributed by atoms with Crippen LogP contribution in [0.5, 0.6) is 0 Å². The minimum Gasteiger partial charge on any atom is -0.336 e. The molecule has 1 unspecified atom stereocenters. The Morgan fingerprint density at radius 3 is 2.81 bits per heavy atom. The van der Waals surface area contributed by atoms with Gasteiger partial charge in [-0.25, -0.2) is 17.5 Å². The van der Waals surface area contributed by atoms with Crippen molar-refractivity contribution >= 4 is 15.9 Å². The maximum atomic E-state index is 13.7. The van der Waals surface area contributed by atoms with Gasteiger partial charge in [-0.15, -0.1) is 0 Å². The molecule has 1 aliphatic rings. The molecule has 0 bridgehead atoms. The number of carbonyl (C=O) groups is 1. The van der Waals surface area contributed by atoms with Crippen molar-refractivity contribution in [1.29, 1.82) is 0 Å². The van der Waals surface area contributed by atoms with Crippen LogP contribution in [0.25, 0.3) is 0 Å². The van der Waals surface area contributed by atoms with E-state index < -0.39 is 20.7 Å². The van der Waals surface area contributed by atoms with Crippen molar-refractivity contribution in [3.8, 4) is 0 Å². The predicted molar refractivity (Wildman–Crippen MR) is 76.0 cm³/mol. The van der Waals surface area contributed by atoms with E-state index in [1.165, 1.54) is 13.1 Å². The Labute approximate surface area is 123 Å². The molecule has 1 atom stereocenters. The summed E-state index contributed by atoms with van der Waals surface area (Å²) < 4.78 is 39.2. The number of rotatable bonds is 3. The first-order valence-corrected chi connectivity index (χ1v) is 8.09. The van der Waals surface area contributed by atoms with E-state index in [2.05, 4.69) is 5.32 Å². The van der Waals surface area contributed by atoms with Crippen LogP contribution in [0.4, 0.5) is 4.39 Å². The zero-order valence-corrected chi connectivity index (χ0v) is 12.7. The fraction of sp³-hybridized carbons (Fsp3) is 0.462. The highest BCUT2D eigenvalue weighted by molar-refractivity contribution is 7.89. The first kappa shape index (κ1) is 15.9. The van der Waals surface area contributed by atoms with Crippen molar-refractivity contribution in [2.75, 3.05) is 26.7 Å². The quantitative estimate of drug-likeness (QED) is 0.833. The number of sulfonamides is 1. The number of halogens is 1. The van der Waals surface area contributed by atoms with Crippen molar-refractivity contribution in [3.63, 3.8) is 0 Å². The van der Waals surface area contributed by atoms with Gasteiger partial charge in [-0.3, -0.25) is 4.79 Å². The highest BCUT2D eigenvalue weighted by Crippen LogP contribution is 2.18. The molecule has 8 heteroatoms. The third kappa shape index (κ3) is 3.39. The van der Waals surface area contributed by atoms with Crippen LogP contribution in [0, 0.1) is 5.82 Å². The number of hydrogen-bond acceptors (Lipinski definition) is 4. The molecular weight excluding hydrogens is 297 g/mol. The van der Waals surface area contributed by atoms with Crippen LogP contribution in [-0.4, -0.2) is 51.9 Å².